The van der Waals surface area contributed by atoms with Crippen LogP contribution in [-0.2, 0) is 0 Å². The van der Waals surface area contributed by atoms with E-state index >= 15 is 0 Å². The largest absolute Gasteiger partial charge is 0.486 e. The van der Waals surface area contributed by atoms with Crippen molar-refractivity contribution in [1.29, 1.82) is 0 Å². The molecule has 0 saturated heterocycles. The third kappa shape index (κ3) is 3.58. The SMILES string of the molecule is Cc1nnc(SCC(=O)c2ccc3c(c2)OCCO3)n1C1CCCCC1. The van der Waals surface area contributed by atoms with E-state index in [-0.39, 0.29) is 5.78 Å². The van der Waals surface area contributed by atoms with Gasteiger partial charge in [-0.15, -0.1) is 10.2 Å². The van der Waals surface area contributed by atoms with Crippen LogP contribution in [0.25, 0.3) is 0 Å². The fourth-order valence-corrected chi connectivity index (χ4v) is 4.58. The summed E-state index contributed by atoms with van der Waals surface area (Å²) in [6, 6.07) is 5.84. The number of carbonyl (C=O) groups excluding carboxylic acids is 1. The van der Waals surface area contributed by atoms with Gasteiger partial charge < -0.3 is 14.0 Å². The number of ketones is 1. The van der Waals surface area contributed by atoms with Crippen LogP contribution in [0.3, 0.4) is 0 Å². The van der Waals surface area contributed by atoms with E-state index in [0.717, 1.165) is 11.0 Å². The fraction of sp³-hybridized carbons (Fsp3) is 0.526. The minimum Gasteiger partial charge on any atom is -0.486 e. The molecule has 4 rings (SSSR count). The molecule has 1 fully saturated rings. The van der Waals surface area contributed by atoms with Crippen LogP contribution in [0.2, 0.25) is 0 Å². The van der Waals surface area contributed by atoms with Crippen LogP contribution >= 0.6 is 11.8 Å². The summed E-state index contributed by atoms with van der Waals surface area (Å²) in [6.07, 6.45) is 6.15. The lowest BCUT2D eigenvalue weighted by Gasteiger charge is -2.24. The summed E-state index contributed by atoms with van der Waals surface area (Å²) in [5.74, 6) is 2.68. The van der Waals surface area contributed by atoms with Crippen molar-refractivity contribution < 1.29 is 14.3 Å². The van der Waals surface area contributed by atoms with Crippen molar-refractivity contribution in [2.75, 3.05) is 19.0 Å². The van der Waals surface area contributed by atoms with Gasteiger partial charge in [0.2, 0.25) is 0 Å². The number of Topliss-reactive ketones (excluding diaryl/α,β-unsaturated/α-hetero) is 1. The third-order valence-corrected chi connectivity index (χ3v) is 5.91. The summed E-state index contributed by atoms with van der Waals surface area (Å²) in [7, 11) is 0. The van der Waals surface area contributed by atoms with Gasteiger partial charge in [0.1, 0.15) is 19.0 Å². The molecule has 2 aromatic rings. The molecule has 6 nitrogen and oxygen atoms in total. The van der Waals surface area contributed by atoms with Crippen LogP contribution in [-0.4, -0.2) is 39.5 Å². The highest BCUT2D eigenvalue weighted by molar-refractivity contribution is 7.99. The van der Waals surface area contributed by atoms with E-state index in [1.807, 2.05) is 6.92 Å². The first-order valence-corrected chi connectivity index (χ1v) is 10.2. The number of rotatable bonds is 5. The summed E-state index contributed by atoms with van der Waals surface area (Å²) < 4.78 is 13.3. The minimum atomic E-state index is 0.0582. The molecule has 1 aromatic carbocycles. The number of carbonyl (C=O) groups is 1. The first-order chi connectivity index (χ1) is 12.7. The van der Waals surface area contributed by atoms with E-state index in [1.54, 1.807) is 18.2 Å². The molecule has 138 valence electrons. The van der Waals surface area contributed by atoms with Gasteiger partial charge in [-0.05, 0) is 38.0 Å². The van der Waals surface area contributed by atoms with Crippen LogP contribution in [0, 0.1) is 6.92 Å². The molecule has 1 aromatic heterocycles. The zero-order chi connectivity index (χ0) is 17.9. The van der Waals surface area contributed by atoms with Gasteiger partial charge in [0, 0.05) is 11.6 Å². The smallest absolute Gasteiger partial charge is 0.191 e. The Morgan fingerprint density at radius 1 is 1.15 bits per heavy atom. The van der Waals surface area contributed by atoms with Gasteiger partial charge in [-0.1, -0.05) is 31.0 Å². The highest BCUT2D eigenvalue weighted by atomic mass is 32.2. The molecular weight excluding hydrogens is 350 g/mol. The maximum absolute atomic E-state index is 12.6. The molecular formula is C19H23N3O3S. The van der Waals surface area contributed by atoms with E-state index in [0.29, 0.717) is 42.1 Å². The Balaban J connectivity index is 1.45. The fourth-order valence-electron chi connectivity index (χ4n) is 3.64. The van der Waals surface area contributed by atoms with E-state index < -0.39 is 0 Å². The number of thioether (sulfide) groups is 1. The third-order valence-electron chi connectivity index (χ3n) is 4.97. The maximum Gasteiger partial charge on any atom is 0.191 e. The number of fused-ring (bicyclic) bond motifs is 1. The van der Waals surface area contributed by atoms with Gasteiger partial charge in [0.05, 0.1) is 5.75 Å². The van der Waals surface area contributed by atoms with E-state index in [1.165, 1.54) is 43.9 Å². The Kier molecular flexibility index (Phi) is 5.15. The molecule has 1 aliphatic carbocycles. The number of aryl methyl sites for hydroxylation is 1. The van der Waals surface area contributed by atoms with Crippen molar-refractivity contribution in [2.45, 2.75) is 50.2 Å². The molecule has 2 heterocycles. The predicted molar refractivity (Wildman–Crippen MR) is 99.4 cm³/mol. The molecule has 0 atom stereocenters. The topological polar surface area (TPSA) is 66.2 Å². The molecule has 0 N–H and O–H groups in total. The Labute approximate surface area is 157 Å². The molecule has 2 aliphatic rings. The Hall–Kier alpha value is -2.02. The standard InChI is InChI=1S/C19H23N3O3S/c1-13-20-21-19(22(13)15-5-3-2-4-6-15)26-12-16(23)14-7-8-17-18(11-14)25-10-9-24-17/h7-8,11,15H,2-6,9-10,12H2,1H3. The molecule has 0 bridgehead atoms. The van der Waals surface area contributed by atoms with Crippen molar-refractivity contribution in [1.82, 2.24) is 14.8 Å². The zero-order valence-corrected chi connectivity index (χ0v) is 15.8. The van der Waals surface area contributed by atoms with Crippen molar-refractivity contribution in [3.8, 4) is 11.5 Å². The van der Waals surface area contributed by atoms with Crippen molar-refractivity contribution >= 4 is 17.5 Å². The molecule has 0 unspecified atom stereocenters. The normalized spacial score (nSPS) is 17.3. The maximum atomic E-state index is 12.6. The van der Waals surface area contributed by atoms with Crippen LogP contribution in [0.1, 0.15) is 54.3 Å². The Bertz CT molecular complexity index is 799. The van der Waals surface area contributed by atoms with Gasteiger partial charge >= 0.3 is 0 Å². The first-order valence-electron chi connectivity index (χ1n) is 9.19. The van der Waals surface area contributed by atoms with Gasteiger partial charge in [0.15, 0.2) is 22.4 Å². The van der Waals surface area contributed by atoms with Gasteiger partial charge in [-0.2, -0.15) is 0 Å². The molecule has 1 aliphatic heterocycles. The predicted octanol–water partition coefficient (Wildman–Crippen LogP) is 3.84. The Morgan fingerprint density at radius 2 is 1.92 bits per heavy atom. The number of aromatic nitrogens is 3. The van der Waals surface area contributed by atoms with Gasteiger partial charge in [-0.25, -0.2) is 0 Å². The average molecular weight is 373 g/mol. The highest BCUT2D eigenvalue weighted by Gasteiger charge is 2.22. The van der Waals surface area contributed by atoms with Crippen LogP contribution in [0.4, 0.5) is 0 Å². The van der Waals surface area contributed by atoms with Crippen molar-refractivity contribution in [3.63, 3.8) is 0 Å². The number of ether oxygens (including phenoxy) is 2. The quantitative estimate of drug-likeness (QED) is 0.586. The molecule has 26 heavy (non-hydrogen) atoms. The minimum absolute atomic E-state index is 0.0582. The highest BCUT2D eigenvalue weighted by Crippen LogP contribution is 2.34. The lowest BCUT2D eigenvalue weighted by atomic mass is 9.95. The second kappa shape index (κ2) is 7.70. The number of hydrogen-bond donors (Lipinski definition) is 0. The van der Waals surface area contributed by atoms with Crippen LogP contribution in [0.15, 0.2) is 23.4 Å². The summed E-state index contributed by atoms with van der Waals surface area (Å²) in [4.78, 5) is 12.6. The summed E-state index contributed by atoms with van der Waals surface area (Å²) in [5, 5.41) is 9.40. The Morgan fingerprint density at radius 3 is 2.73 bits per heavy atom. The number of benzene rings is 1. The van der Waals surface area contributed by atoms with E-state index in [4.69, 9.17) is 9.47 Å². The molecule has 1 saturated carbocycles. The summed E-state index contributed by atoms with van der Waals surface area (Å²) in [6.45, 7) is 3.06. The second-order valence-corrected chi connectivity index (χ2v) is 7.70. The monoisotopic (exact) mass is 373 g/mol. The lowest BCUT2D eigenvalue weighted by molar-refractivity contribution is 0.102. The van der Waals surface area contributed by atoms with Crippen LogP contribution < -0.4 is 9.47 Å². The molecule has 0 spiro atoms. The number of hydrogen-bond acceptors (Lipinski definition) is 6. The molecule has 0 radical (unpaired) electrons. The van der Waals surface area contributed by atoms with Gasteiger partial charge in [0.25, 0.3) is 0 Å². The van der Waals surface area contributed by atoms with E-state index in [9.17, 15) is 4.79 Å². The summed E-state index contributed by atoms with van der Waals surface area (Å²) >= 11 is 1.47. The average Bonchev–Trinajstić information content (AvgIpc) is 3.06. The zero-order valence-electron chi connectivity index (χ0n) is 14.9. The molecule has 7 heteroatoms. The van der Waals surface area contributed by atoms with Crippen molar-refractivity contribution in [3.05, 3.63) is 29.6 Å². The molecule has 0 amide bonds. The van der Waals surface area contributed by atoms with Gasteiger partial charge in [-0.3, -0.25) is 4.79 Å². The van der Waals surface area contributed by atoms with E-state index in [2.05, 4.69) is 14.8 Å². The number of nitrogens with zero attached hydrogens (tertiary/aromatic N) is 3. The van der Waals surface area contributed by atoms with Crippen molar-refractivity contribution in [2.24, 2.45) is 0 Å². The lowest BCUT2D eigenvalue weighted by Crippen LogP contribution is -2.16. The summed E-state index contributed by atoms with van der Waals surface area (Å²) in [5.41, 5.74) is 0.641. The first kappa shape index (κ1) is 17.4. The van der Waals surface area contributed by atoms with Crippen LogP contribution in [0.5, 0.6) is 11.5 Å². The second-order valence-electron chi connectivity index (χ2n) is 6.76.